The fraction of sp³-hybridized carbons (Fsp3) is 0.727. The molecule has 0 amide bonds. The number of hydrogen-bond acceptors (Lipinski definition) is 0. The molecule has 0 bridgehead atoms. The highest BCUT2D eigenvalue weighted by Gasteiger charge is 2.62. The van der Waals surface area contributed by atoms with E-state index in [0.717, 1.165) is 16.7 Å². The van der Waals surface area contributed by atoms with Gasteiger partial charge in [0.15, 0.2) is 0 Å². The van der Waals surface area contributed by atoms with Crippen molar-refractivity contribution in [3.05, 3.63) is 34.9 Å². The quantitative estimate of drug-likeness (QED) is 0.155. The van der Waals surface area contributed by atoms with E-state index in [1.54, 1.807) is 0 Å². The maximum Gasteiger partial charge on any atom is 0.255 e. The summed E-state index contributed by atoms with van der Waals surface area (Å²) in [6.45, 7) is 5.91. The van der Waals surface area contributed by atoms with Crippen LogP contribution in [0, 0.1) is 0 Å². The van der Waals surface area contributed by atoms with Crippen molar-refractivity contribution in [1.29, 1.82) is 0 Å². The highest BCUT2D eigenvalue weighted by atomic mass is 35.7. The Kier molecular flexibility index (Phi) is 13.5. The molecule has 0 N–H and O–H groups in total. The first-order valence-corrected chi connectivity index (χ1v) is 35.2. The third kappa shape index (κ3) is 8.65. The molecule has 0 aliphatic heterocycles. The smallest absolute Gasteiger partial charge is 0.146 e. The first-order chi connectivity index (χ1) is 16.1. The van der Waals surface area contributed by atoms with Crippen LogP contribution in [0.25, 0.3) is 0 Å². The summed E-state index contributed by atoms with van der Waals surface area (Å²) in [6.07, 6.45) is 0. The molecule has 216 valence electrons. The zero-order valence-corrected chi connectivity index (χ0v) is 35.5. The summed E-state index contributed by atoms with van der Waals surface area (Å²) in [5.74, 6) is 0. The number of hydrogen-bond donors (Lipinski definition) is 0. The van der Waals surface area contributed by atoms with E-state index in [-0.39, 0.29) is 27.7 Å². The normalized spacial score (nSPS) is 20.1. The number of rotatable bonds is 11. The molecule has 0 aromatic heterocycles. The fourth-order valence-electron chi connectivity index (χ4n) is 5.43. The van der Waals surface area contributed by atoms with Crippen molar-refractivity contribution in [2.45, 2.75) is 100 Å². The second kappa shape index (κ2) is 13.1. The van der Waals surface area contributed by atoms with E-state index in [9.17, 15) is 0 Å². The average molecular weight is 798 g/mol. The van der Waals surface area contributed by atoms with Gasteiger partial charge in [-0.3, -0.25) is 0 Å². The minimum atomic E-state index is -2.89. The predicted octanol–water partition coefficient (Wildman–Crippen LogP) is 13.1. The van der Waals surface area contributed by atoms with Crippen LogP contribution in [-0.4, -0.2) is 33.5 Å². The van der Waals surface area contributed by atoms with Crippen molar-refractivity contribution in [3.8, 4) is 0 Å². The van der Waals surface area contributed by atoms with Gasteiger partial charge in [0.1, 0.15) is 0 Å². The Morgan fingerprint density at radius 1 is 0.514 bits per heavy atom. The Bertz CT molecular complexity index is 878. The number of benzene rings is 1. The second-order valence-electron chi connectivity index (χ2n) is 11.1. The van der Waals surface area contributed by atoms with Gasteiger partial charge < -0.3 is 0 Å². The molecule has 5 atom stereocenters. The molecule has 1 aromatic carbocycles. The molecule has 0 saturated carbocycles. The molecule has 0 spiro atoms. The monoisotopic (exact) mass is 792 g/mol. The molecule has 37 heavy (non-hydrogen) atoms. The van der Waals surface area contributed by atoms with Crippen LogP contribution >= 0.6 is 111 Å². The summed E-state index contributed by atoms with van der Waals surface area (Å²) in [7, 11) is 0. The molecule has 1 rings (SSSR count). The highest BCUT2D eigenvalue weighted by Crippen LogP contribution is 2.66. The first-order valence-electron chi connectivity index (χ1n) is 12.2. The van der Waals surface area contributed by atoms with Gasteiger partial charge in [-0.2, -0.15) is 0 Å². The van der Waals surface area contributed by atoms with E-state index >= 15 is 0 Å². The molecule has 0 nitrogen and oxygen atoms in total. The van der Waals surface area contributed by atoms with E-state index in [1.807, 2.05) is 38.8 Å². The van der Waals surface area contributed by atoms with Gasteiger partial charge in [0.2, 0.25) is 0 Å². The zero-order valence-electron chi connectivity index (χ0n) is 22.9. The molecule has 0 saturated heterocycles. The third-order valence-electron chi connectivity index (χ3n) is 8.46. The van der Waals surface area contributed by atoms with Gasteiger partial charge in [0.05, 0.1) is 0 Å². The summed E-state index contributed by atoms with van der Waals surface area (Å²) in [5.41, 5.74) is 1.30. The van der Waals surface area contributed by atoms with Crippen molar-refractivity contribution in [1.82, 2.24) is 0 Å². The van der Waals surface area contributed by atoms with Crippen LogP contribution in [0.5, 0.6) is 0 Å². The zero-order chi connectivity index (χ0) is 29.7. The highest BCUT2D eigenvalue weighted by molar-refractivity contribution is 7.48. The summed E-state index contributed by atoms with van der Waals surface area (Å²) in [5, 5.41) is 0. The summed E-state index contributed by atoms with van der Waals surface area (Å²) in [4.78, 5) is 0. The number of halogens is 10. The first kappa shape index (κ1) is 38.2. The Hall–Kier alpha value is 3.20. The van der Waals surface area contributed by atoms with E-state index in [4.69, 9.17) is 111 Å². The third-order valence-corrected chi connectivity index (χ3v) is 27.9. The van der Waals surface area contributed by atoms with E-state index < -0.39 is 38.9 Å². The molecule has 0 aliphatic rings. The molecular weight excluding hydrogens is 759 g/mol. The Morgan fingerprint density at radius 3 is 1.11 bits per heavy atom. The molecule has 0 fully saturated rings. The van der Waals surface area contributed by atoms with Gasteiger partial charge in [0.25, 0.3) is 33.5 Å². The Morgan fingerprint density at radius 2 is 0.838 bits per heavy atom. The summed E-state index contributed by atoms with van der Waals surface area (Å²) in [6, 6.07) is 6.21. The Balaban J connectivity index is 4.58. The lowest BCUT2D eigenvalue weighted by Crippen LogP contribution is -2.54. The Labute approximate surface area is 276 Å². The van der Waals surface area contributed by atoms with Gasteiger partial charge >= 0.3 is 0 Å². The van der Waals surface area contributed by atoms with Crippen LogP contribution in [0.1, 0.15) is 62.4 Å². The van der Waals surface area contributed by atoms with Crippen LogP contribution in [0.15, 0.2) is 18.2 Å². The molecule has 5 unspecified atom stereocenters. The molecule has 15 heteroatoms. The van der Waals surface area contributed by atoms with Gasteiger partial charge in [-0.15, -0.1) is 111 Å². The van der Waals surface area contributed by atoms with Crippen LogP contribution in [0.4, 0.5) is 0 Å². The van der Waals surface area contributed by atoms with Crippen molar-refractivity contribution in [3.63, 3.8) is 0 Å². The summed E-state index contributed by atoms with van der Waals surface area (Å²) >= 11 is 70.1. The lowest BCUT2D eigenvalue weighted by atomic mass is 9.69. The van der Waals surface area contributed by atoms with Gasteiger partial charge in [-0.1, -0.05) is 52.8 Å². The molecule has 0 radical (unpaired) electrons. The largest absolute Gasteiger partial charge is 0.255 e. The van der Waals surface area contributed by atoms with Gasteiger partial charge in [-0.05, 0) is 66.0 Å². The molecular formula is C22H38Cl10Si5. The maximum absolute atomic E-state index is 7.09. The van der Waals surface area contributed by atoms with Crippen LogP contribution < -0.4 is 0 Å². The van der Waals surface area contributed by atoms with Crippen molar-refractivity contribution >= 4 is 144 Å². The van der Waals surface area contributed by atoms with Crippen LogP contribution in [0.3, 0.4) is 0 Å². The summed E-state index contributed by atoms with van der Waals surface area (Å²) < 4.78 is 0. The lowest BCUT2D eigenvalue weighted by molar-refractivity contribution is 0.366. The predicted molar refractivity (Wildman–Crippen MR) is 190 cm³/mol. The van der Waals surface area contributed by atoms with E-state index in [2.05, 4.69) is 46.8 Å². The topological polar surface area (TPSA) is 0 Å². The molecule has 0 aliphatic carbocycles. The SMILES string of the molecule is CC(c1cccc(C(C(C)[Si](C)(Cl)Cl)(C(C)[Si](C)(Cl)Cl)C(C)[Si](C)(Cl)Cl)c1C(C)[Si](C)(Cl)Cl)[Si](C)(Cl)Cl. The van der Waals surface area contributed by atoms with Crippen LogP contribution in [0.2, 0.25) is 49.4 Å². The second-order valence-corrected chi connectivity index (χ2v) is 51.5. The lowest BCUT2D eigenvalue weighted by Gasteiger charge is -2.56. The fourth-order valence-corrected chi connectivity index (χ4v) is 16.7. The van der Waals surface area contributed by atoms with Gasteiger partial charge in [0, 0.05) is 16.5 Å². The van der Waals surface area contributed by atoms with E-state index in [0.29, 0.717) is 0 Å². The van der Waals surface area contributed by atoms with Crippen LogP contribution in [-0.2, 0) is 5.41 Å². The van der Waals surface area contributed by atoms with Crippen molar-refractivity contribution in [2.75, 3.05) is 0 Å². The maximum atomic E-state index is 7.09. The standard InChI is InChI=1S/C22H38Cl10Si5/c1-14(33(6,23)24)19-12-11-13-20(21(19)15(2)34(7,25)26)22(16(3)35(8,27)28,17(4)36(9,29)30)18(5)37(10,31)32/h11-18H,1-10H3. The van der Waals surface area contributed by atoms with Crippen molar-refractivity contribution < 1.29 is 0 Å². The van der Waals surface area contributed by atoms with Gasteiger partial charge in [-0.25, -0.2) is 0 Å². The van der Waals surface area contributed by atoms with Crippen molar-refractivity contribution in [2.24, 2.45) is 0 Å². The minimum Gasteiger partial charge on any atom is -0.146 e. The average Bonchev–Trinajstić information content (AvgIpc) is 2.69. The molecule has 1 aromatic rings. The minimum absolute atomic E-state index is 0.113. The van der Waals surface area contributed by atoms with E-state index in [1.165, 1.54) is 0 Å². The molecule has 0 heterocycles.